The fourth-order valence-electron chi connectivity index (χ4n) is 2.72. The van der Waals surface area contributed by atoms with Gasteiger partial charge in [-0.15, -0.1) is 0 Å². The summed E-state index contributed by atoms with van der Waals surface area (Å²) in [5.41, 5.74) is 4.13. The van der Waals surface area contributed by atoms with E-state index < -0.39 is 0 Å². The van der Waals surface area contributed by atoms with Crippen LogP contribution in [-0.4, -0.2) is 20.5 Å². The Morgan fingerprint density at radius 3 is 2.58 bits per heavy atom. The molecule has 3 rings (SSSR count). The van der Waals surface area contributed by atoms with E-state index in [1.165, 1.54) is 0 Å². The molecule has 0 saturated carbocycles. The van der Waals surface area contributed by atoms with E-state index in [-0.39, 0.29) is 5.78 Å². The van der Waals surface area contributed by atoms with Crippen LogP contribution >= 0.6 is 23.8 Å². The molecule has 0 radical (unpaired) electrons. The number of carbonyl (C=O) groups is 1. The molecule has 0 fully saturated rings. The molecule has 0 aliphatic heterocycles. The number of ketones is 1. The van der Waals surface area contributed by atoms with Crippen LogP contribution in [0.5, 0.6) is 0 Å². The van der Waals surface area contributed by atoms with Crippen LogP contribution in [0.4, 0.5) is 0 Å². The minimum Gasteiger partial charge on any atom is -0.344 e. The molecule has 0 atom stereocenters. The highest BCUT2D eigenvalue weighted by molar-refractivity contribution is 7.71. The second-order valence-corrected chi connectivity index (χ2v) is 6.53. The molecule has 1 aromatic carbocycles. The third-order valence-corrected chi connectivity index (χ3v) is 4.42. The van der Waals surface area contributed by atoms with Gasteiger partial charge in [-0.25, -0.2) is 0 Å². The number of aromatic amines is 1. The molecule has 0 saturated heterocycles. The molecule has 0 aliphatic carbocycles. The van der Waals surface area contributed by atoms with Crippen molar-refractivity contribution in [2.45, 2.75) is 13.3 Å². The molecule has 0 spiro atoms. The van der Waals surface area contributed by atoms with Gasteiger partial charge in [0.05, 0.1) is 11.4 Å². The predicted octanol–water partition coefficient (Wildman–Crippen LogP) is 4.26. The first kappa shape index (κ1) is 16.6. The lowest BCUT2D eigenvalue weighted by Gasteiger charge is -2.08. The Morgan fingerprint density at radius 2 is 1.96 bits per heavy atom. The molecule has 0 amide bonds. The highest BCUT2D eigenvalue weighted by Crippen LogP contribution is 2.21. The van der Waals surface area contributed by atoms with E-state index in [9.17, 15) is 4.79 Å². The van der Waals surface area contributed by atoms with Crippen molar-refractivity contribution in [3.8, 4) is 0 Å². The van der Waals surface area contributed by atoms with E-state index in [1.807, 2.05) is 36.7 Å². The van der Waals surface area contributed by atoms with Crippen LogP contribution in [0.3, 0.4) is 0 Å². The highest BCUT2D eigenvalue weighted by atomic mass is 35.5. The second-order valence-electron chi connectivity index (χ2n) is 5.65. The molecule has 3 aromatic rings. The molecule has 24 heavy (non-hydrogen) atoms. The van der Waals surface area contributed by atoms with Gasteiger partial charge in [-0.1, -0.05) is 23.8 Å². The van der Waals surface area contributed by atoms with Crippen molar-refractivity contribution in [3.63, 3.8) is 0 Å². The predicted molar refractivity (Wildman–Crippen MR) is 97.3 cm³/mol. The largest absolute Gasteiger partial charge is 0.344 e. The minimum atomic E-state index is -0.0154. The van der Waals surface area contributed by atoms with Crippen molar-refractivity contribution >= 4 is 29.6 Å². The highest BCUT2D eigenvalue weighted by Gasteiger charge is 2.18. The molecular weight excluding hydrogens is 342 g/mol. The van der Waals surface area contributed by atoms with Gasteiger partial charge in [0.1, 0.15) is 4.64 Å². The van der Waals surface area contributed by atoms with E-state index in [2.05, 4.69) is 10.2 Å². The van der Waals surface area contributed by atoms with Crippen molar-refractivity contribution in [2.75, 3.05) is 0 Å². The first-order chi connectivity index (χ1) is 11.5. The monoisotopic (exact) mass is 357 g/mol. The second kappa shape index (κ2) is 6.71. The molecule has 4 nitrogen and oxygen atoms in total. The zero-order valence-electron chi connectivity index (χ0n) is 13.3. The van der Waals surface area contributed by atoms with Crippen molar-refractivity contribution in [2.24, 2.45) is 7.05 Å². The molecule has 0 aliphatic rings. The zero-order chi connectivity index (χ0) is 17.3. The SMILES string of the molecule is Cc1cc(Cc2ccc(=S)[nH]n2)n(C)c1C(=O)c1ccc(Cl)cc1. The Hall–Kier alpha value is -2.24. The lowest BCUT2D eigenvalue weighted by molar-refractivity contribution is 0.103. The van der Waals surface area contributed by atoms with Gasteiger partial charge in [0.2, 0.25) is 5.78 Å². The molecular formula is C18H16ClN3OS. The van der Waals surface area contributed by atoms with Gasteiger partial charge in [-0.2, -0.15) is 5.10 Å². The fraction of sp³-hybridized carbons (Fsp3) is 0.167. The standard InChI is InChI=1S/C18H16ClN3OS/c1-11-9-15(10-14-7-8-16(24)21-20-14)22(2)17(11)18(23)12-3-5-13(19)6-4-12/h3-9H,10H2,1-2H3,(H,21,24). The quantitative estimate of drug-likeness (QED) is 0.560. The van der Waals surface area contributed by atoms with Crippen molar-refractivity contribution in [1.29, 1.82) is 0 Å². The van der Waals surface area contributed by atoms with Gasteiger partial charge >= 0.3 is 0 Å². The number of benzene rings is 1. The zero-order valence-corrected chi connectivity index (χ0v) is 14.9. The topological polar surface area (TPSA) is 50.7 Å². The van der Waals surface area contributed by atoms with E-state index in [1.54, 1.807) is 24.3 Å². The molecule has 2 aromatic heterocycles. The van der Waals surface area contributed by atoms with Gasteiger partial charge in [-0.05, 0) is 55.0 Å². The summed E-state index contributed by atoms with van der Waals surface area (Å²) in [5, 5.41) is 7.63. The van der Waals surface area contributed by atoms with E-state index in [0.29, 0.717) is 27.3 Å². The first-order valence-electron chi connectivity index (χ1n) is 7.46. The first-order valence-corrected chi connectivity index (χ1v) is 8.24. The minimum absolute atomic E-state index is 0.0154. The van der Waals surface area contributed by atoms with Crippen LogP contribution in [0.1, 0.15) is 33.0 Å². The fourth-order valence-corrected chi connectivity index (χ4v) is 2.96. The Labute approximate surface area is 150 Å². The van der Waals surface area contributed by atoms with Crippen LogP contribution in [-0.2, 0) is 13.5 Å². The van der Waals surface area contributed by atoms with Crippen molar-refractivity contribution in [3.05, 3.63) is 80.3 Å². The lowest BCUT2D eigenvalue weighted by Crippen LogP contribution is -2.11. The number of nitrogens with zero attached hydrogens (tertiary/aromatic N) is 2. The van der Waals surface area contributed by atoms with Crippen molar-refractivity contribution in [1.82, 2.24) is 14.8 Å². The maximum atomic E-state index is 12.8. The molecule has 2 heterocycles. The van der Waals surface area contributed by atoms with Crippen LogP contribution in [0.2, 0.25) is 5.02 Å². The molecule has 1 N–H and O–H groups in total. The summed E-state index contributed by atoms with van der Waals surface area (Å²) in [4.78, 5) is 12.8. The summed E-state index contributed by atoms with van der Waals surface area (Å²) in [6, 6.07) is 12.7. The van der Waals surface area contributed by atoms with E-state index in [0.717, 1.165) is 17.0 Å². The number of aryl methyl sites for hydroxylation is 1. The van der Waals surface area contributed by atoms with Crippen molar-refractivity contribution < 1.29 is 4.79 Å². The summed E-state index contributed by atoms with van der Waals surface area (Å²) in [5.74, 6) is -0.0154. The van der Waals surface area contributed by atoms with Crippen LogP contribution < -0.4 is 0 Å². The van der Waals surface area contributed by atoms with E-state index >= 15 is 0 Å². The summed E-state index contributed by atoms with van der Waals surface area (Å²) in [6.45, 7) is 1.94. The molecule has 0 unspecified atom stereocenters. The number of hydrogen-bond acceptors (Lipinski definition) is 3. The average Bonchev–Trinajstić information content (AvgIpc) is 2.83. The maximum Gasteiger partial charge on any atom is 0.209 e. The normalized spacial score (nSPS) is 10.8. The Kier molecular flexibility index (Phi) is 4.64. The number of carbonyl (C=O) groups excluding carboxylic acids is 1. The number of hydrogen-bond donors (Lipinski definition) is 1. The third-order valence-electron chi connectivity index (χ3n) is 3.94. The van der Waals surface area contributed by atoms with E-state index in [4.69, 9.17) is 23.8 Å². The number of halogens is 1. The summed E-state index contributed by atoms with van der Waals surface area (Å²) < 4.78 is 2.52. The number of H-pyrrole nitrogens is 1. The number of rotatable bonds is 4. The van der Waals surface area contributed by atoms with Crippen LogP contribution in [0.15, 0.2) is 42.5 Å². The number of aromatic nitrogens is 3. The Morgan fingerprint density at radius 1 is 1.25 bits per heavy atom. The van der Waals surface area contributed by atoms with Gasteiger partial charge in [-0.3, -0.25) is 9.89 Å². The Bertz CT molecular complexity index is 937. The van der Waals surface area contributed by atoms with Crippen LogP contribution in [0.25, 0.3) is 0 Å². The molecule has 6 heteroatoms. The van der Waals surface area contributed by atoms with Crippen LogP contribution in [0, 0.1) is 11.6 Å². The lowest BCUT2D eigenvalue weighted by atomic mass is 10.1. The van der Waals surface area contributed by atoms with Gasteiger partial charge in [0.15, 0.2) is 0 Å². The third kappa shape index (κ3) is 3.32. The summed E-state index contributed by atoms with van der Waals surface area (Å²) >= 11 is 10.9. The number of nitrogens with one attached hydrogen (secondary N) is 1. The van der Waals surface area contributed by atoms with Gasteiger partial charge < -0.3 is 4.57 Å². The maximum absolute atomic E-state index is 12.8. The average molecular weight is 358 g/mol. The van der Waals surface area contributed by atoms with Gasteiger partial charge in [0, 0.05) is 29.7 Å². The smallest absolute Gasteiger partial charge is 0.209 e. The van der Waals surface area contributed by atoms with Gasteiger partial charge in [0.25, 0.3) is 0 Å². The molecule has 122 valence electrons. The Balaban J connectivity index is 1.94. The molecule has 0 bridgehead atoms. The summed E-state index contributed by atoms with van der Waals surface area (Å²) in [7, 11) is 1.90. The summed E-state index contributed by atoms with van der Waals surface area (Å²) in [6.07, 6.45) is 0.622.